The molecule has 0 aliphatic carbocycles. The first-order chi connectivity index (χ1) is 11.5. The fourth-order valence-electron chi connectivity index (χ4n) is 2.64. The summed E-state index contributed by atoms with van der Waals surface area (Å²) in [7, 11) is 0. The smallest absolute Gasteiger partial charge is 0.265 e. The molecule has 0 spiro atoms. The third-order valence-electron chi connectivity index (χ3n) is 3.96. The minimum atomic E-state index is -0.243. The van der Waals surface area contributed by atoms with Crippen LogP contribution in [0.2, 0.25) is 0 Å². The Morgan fingerprint density at radius 2 is 2.00 bits per heavy atom. The fourth-order valence-corrected chi connectivity index (χ4v) is 2.64. The predicted molar refractivity (Wildman–Crippen MR) is 93.5 cm³/mol. The molecular weight excluding hydrogens is 304 g/mol. The molecule has 0 saturated heterocycles. The number of carbonyl (C=O) groups excluding carboxylic acids is 2. The first kappa shape index (κ1) is 16.1. The molecule has 0 unspecified atom stereocenters. The Morgan fingerprint density at radius 1 is 1.21 bits per heavy atom. The molecule has 2 amide bonds. The van der Waals surface area contributed by atoms with E-state index >= 15 is 0 Å². The Kier molecular flexibility index (Phi) is 4.51. The molecule has 0 bridgehead atoms. The van der Waals surface area contributed by atoms with Crippen LogP contribution in [-0.2, 0) is 9.59 Å². The molecule has 24 heavy (non-hydrogen) atoms. The number of ether oxygens (including phenoxy) is 1. The molecule has 1 N–H and O–H groups in total. The van der Waals surface area contributed by atoms with Gasteiger partial charge in [0.2, 0.25) is 5.91 Å². The van der Waals surface area contributed by atoms with Crippen LogP contribution in [0.1, 0.15) is 25.3 Å². The van der Waals surface area contributed by atoms with E-state index in [1.807, 2.05) is 42.5 Å². The van der Waals surface area contributed by atoms with Gasteiger partial charge in [0.15, 0.2) is 6.61 Å². The highest BCUT2D eigenvalue weighted by Gasteiger charge is 2.26. The normalized spacial score (nSPS) is 13.5. The molecule has 124 valence electrons. The Hall–Kier alpha value is -2.82. The Balaban J connectivity index is 1.72. The average Bonchev–Trinajstić information content (AvgIpc) is 2.59. The van der Waals surface area contributed by atoms with E-state index in [0.717, 1.165) is 5.56 Å². The molecule has 1 heterocycles. The van der Waals surface area contributed by atoms with E-state index in [0.29, 0.717) is 23.0 Å². The average molecular weight is 324 g/mol. The van der Waals surface area contributed by atoms with E-state index in [2.05, 4.69) is 19.2 Å². The van der Waals surface area contributed by atoms with Crippen molar-refractivity contribution in [3.63, 3.8) is 0 Å². The molecule has 2 aromatic carbocycles. The summed E-state index contributed by atoms with van der Waals surface area (Å²) in [6, 6.07) is 15.0. The molecule has 2 aromatic rings. The third kappa shape index (κ3) is 3.40. The number of fused-ring (bicyclic) bond motifs is 1. The van der Waals surface area contributed by atoms with Gasteiger partial charge in [-0.2, -0.15) is 0 Å². The summed E-state index contributed by atoms with van der Waals surface area (Å²) in [4.78, 5) is 25.8. The van der Waals surface area contributed by atoms with Gasteiger partial charge in [-0.15, -0.1) is 0 Å². The molecular formula is C19H20N2O3. The molecule has 0 radical (unpaired) electrons. The maximum atomic E-state index is 12.5. The van der Waals surface area contributed by atoms with Crippen molar-refractivity contribution in [2.24, 2.45) is 0 Å². The zero-order valence-corrected chi connectivity index (χ0v) is 13.8. The second-order valence-corrected chi connectivity index (χ2v) is 6.06. The van der Waals surface area contributed by atoms with Crippen molar-refractivity contribution >= 4 is 23.2 Å². The number of anilines is 2. The summed E-state index contributed by atoms with van der Waals surface area (Å²) < 4.78 is 5.64. The summed E-state index contributed by atoms with van der Waals surface area (Å²) in [6.07, 6.45) is 0. The lowest BCUT2D eigenvalue weighted by molar-refractivity contribution is -0.123. The maximum Gasteiger partial charge on any atom is 0.265 e. The summed E-state index contributed by atoms with van der Waals surface area (Å²) in [5.74, 6) is 0.599. The first-order valence-corrected chi connectivity index (χ1v) is 7.96. The number of hydrogen-bond acceptors (Lipinski definition) is 3. The van der Waals surface area contributed by atoms with E-state index in [1.165, 1.54) is 4.90 Å². The second-order valence-electron chi connectivity index (χ2n) is 6.06. The third-order valence-corrected chi connectivity index (χ3v) is 3.96. The van der Waals surface area contributed by atoms with E-state index in [4.69, 9.17) is 4.74 Å². The molecule has 0 saturated carbocycles. The van der Waals surface area contributed by atoms with Gasteiger partial charge < -0.3 is 10.1 Å². The van der Waals surface area contributed by atoms with E-state index in [-0.39, 0.29) is 25.0 Å². The quantitative estimate of drug-likeness (QED) is 0.940. The van der Waals surface area contributed by atoms with Crippen LogP contribution in [0.15, 0.2) is 48.5 Å². The van der Waals surface area contributed by atoms with E-state index < -0.39 is 0 Å². The Bertz CT molecular complexity index is 771. The number of nitrogens with one attached hydrogen (secondary N) is 1. The number of nitrogens with zero attached hydrogens (tertiary/aromatic N) is 1. The maximum absolute atomic E-state index is 12.5. The molecule has 1 aliphatic rings. The number of amides is 2. The minimum absolute atomic E-state index is 0.00520. The highest BCUT2D eigenvalue weighted by molar-refractivity contribution is 6.10. The van der Waals surface area contributed by atoms with Gasteiger partial charge in [0.1, 0.15) is 12.3 Å². The van der Waals surface area contributed by atoms with Crippen molar-refractivity contribution in [2.45, 2.75) is 19.8 Å². The lowest BCUT2D eigenvalue weighted by atomic mass is 10.0. The summed E-state index contributed by atoms with van der Waals surface area (Å²) >= 11 is 0. The van der Waals surface area contributed by atoms with Crippen LogP contribution >= 0.6 is 0 Å². The monoisotopic (exact) mass is 324 g/mol. The lowest BCUT2D eigenvalue weighted by Gasteiger charge is -2.29. The molecule has 1 aliphatic heterocycles. The van der Waals surface area contributed by atoms with Crippen molar-refractivity contribution in [2.75, 3.05) is 23.4 Å². The van der Waals surface area contributed by atoms with Crippen LogP contribution in [0, 0.1) is 0 Å². The van der Waals surface area contributed by atoms with Gasteiger partial charge >= 0.3 is 0 Å². The van der Waals surface area contributed by atoms with Crippen LogP contribution in [0.3, 0.4) is 0 Å². The number of para-hydroxylation sites is 2. The van der Waals surface area contributed by atoms with Crippen LogP contribution in [-0.4, -0.2) is 25.0 Å². The minimum Gasteiger partial charge on any atom is -0.484 e. The molecule has 5 nitrogen and oxygen atoms in total. The zero-order valence-electron chi connectivity index (χ0n) is 13.8. The molecule has 0 atom stereocenters. The molecule has 0 aromatic heterocycles. The molecule has 3 rings (SSSR count). The van der Waals surface area contributed by atoms with Gasteiger partial charge in [0, 0.05) is 0 Å². The number of hydrogen-bond donors (Lipinski definition) is 1. The SMILES string of the molecule is CC(C)c1cccc(OCC(=O)N2CC(=O)Nc3ccccc32)c1. The van der Waals surface area contributed by atoms with Crippen LogP contribution in [0.4, 0.5) is 11.4 Å². The lowest BCUT2D eigenvalue weighted by Crippen LogP contribution is -2.44. The Morgan fingerprint density at radius 3 is 2.79 bits per heavy atom. The van der Waals surface area contributed by atoms with Crippen LogP contribution in [0.25, 0.3) is 0 Å². The van der Waals surface area contributed by atoms with Gasteiger partial charge in [-0.3, -0.25) is 14.5 Å². The van der Waals surface area contributed by atoms with Crippen molar-refractivity contribution in [1.82, 2.24) is 0 Å². The topological polar surface area (TPSA) is 58.6 Å². The van der Waals surface area contributed by atoms with Crippen molar-refractivity contribution in [3.05, 3.63) is 54.1 Å². The highest BCUT2D eigenvalue weighted by atomic mass is 16.5. The van der Waals surface area contributed by atoms with Gasteiger partial charge in [0.25, 0.3) is 5.91 Å². The van der Waals surface area contributed by atoms with Gasteiger partial charge in [-0.05, 0) is 35.7 Å². The van der Waals surface area contributed by atoms with Crippen LogP contribution in [0.5, 0.6) is 5.75 Å². The summed E-state index contributed by atoms with van der Waals surface area (Å²) in [6.45, 7) is 4.11. The first-order valence-electron chi connectivity index (χ1n) is 7.96. The van der Waals surface area contributed by atoms with Gasteiger partial charge in [-0.1, -0.05) is 38.1 Å². The number of carbonyl (C=O) groups is 2. The number of rotatable bonds is 4. The molecule has 5 heteroatoms. The van der Waals surface area contributed by atoms with Gasteiger partial charge in [-0.25, -0.2) is 0 Å². The van der Waals surface area contributed by atoms with Gasteiger partial charge in [0.05, 0.1) is 11.4 Å². The highest BCUT2D eigenvalue weighted by Crippen LogP contribution is 2.29. The van der Waals surface area contributed by atoms with E-state index in [9.17, 15) is 9.59 Å². The zero-order chi connectivity index (χ0) is 17.1. The van der Waals surface area contributed by atoms with Crippen LogP contribution < -0.4 is 15.0 Å². The second kappa shape index (κ2) is 6.74. The summed E-state index contributed by atoms with van der Waals surface area (Å²) in [5, 5.41) is 2.76. The summed E-state index contributed by atoms with van der Waals surface area (Å²) in [5.41, 5.74) is 2.49. The largest absolute Gasteiger partial charge is 0.484 e. The fraction of sp³-hybridized carbons (Fsp3) is 0.263. The predicted octanol–water partition coefficient (Wildman–Crippen LogP) is 3.17. The van der Waals surface area contributed by atoms with Crippen molar-refractivity contribution in [1.29, 1.82) is 0 Å². The van der Waals surface area contributed by atoms with Crippen molar-refractivity contribution in [3.8, 4) is 5.75 Å². The van der Waals surface area contributed by atoms with E-state index in [1.54, 1.807) is 6.07 Å². The standard InChI is InChI=1S/C19H20N2O3/c1-13(2)14-6-5-7-15(10-14)24-12-19(23)21-11-18(22)20-16-8-3-4-9-17(16)21/h3-10,13H,11-12H2,1-2H3,(H,20,22). The van der Waals surface area contributed by atoms with Crippen molar-refractivity contribution < 1.29 is 14.3 Å². The number of benzene rings is 2. The molecule has 0 fully saturated rings. The Labute approximate surface area is 141 Å².